The van der Waals surface area contributed by atoms with Crippen LogP contribution in [0.15, 0.2) is 72.9 Å². The third kappa shape index (κ3) is 3.10. The first-order valence-corrected chi connectivity index (χ1v) is 13.4. The lowest BCUT2D eigenvalue weighted by Gasteiger charge is -2.42. The van der Waals surface area contributed by atoms with Gasteiger partial charge in [0.2, 0.25) is 5.69 Å². The summed E-state index contributed by atoms with van der Waals surface area (Å²) in [5.74, 6) is 1.39. The first-order valence-electron chi connectivity index (χ1n) is 13.4. The summed E-state index contributed by atoms with van der Waals surface area (Å²) in [6.45, 7) is 4.62. The molecular formula is C34H34N+. The van der Waals surface area contributed by atoms with E-state index in [1.165, 1.54) is 87.9 Å². The Balaban J connectivity index is 1.42. The van der Waals surface area contributed by atoms with E-state index in [0.29, 0.717) is 11.8 Å². The number of rotatable bonds is 2. The van der Waals surface area contributed by atoms with Crippen LogP contribution < -0.4 is 4.57 Å². The number of benzene rings is 3. The third-order valence-electron chi connectivity index (χ3n) is 9.12. The van der Waals surface area contributed by atoms with E-state index in [0.717, 1.165) is 5.92 Å². The lowest BCUT2D eigenvalue weighted by atomic mass is 9.60. The Morgan fingerprint density at radius 1 is 0.600 bits per heavy atom. The van der Waals surface area contributed by atoms with Crippen molar-refractivity contribution in [1.29, 1.82) is 0 Å². The number of pyridine rings is 1. The molecule has 0 unspecified atom stereocenters. The highest BCUT2D eigenvalue weighted by atomic mass is 14.9. The molecule has 2 bridgehead atoms. The Morgan fingerprint density at radius 2 is 1.14 bits per heavy atom. The zero-order valence-corrected chi connectivity index (χ0v) is 21.1. The second-order valence-electron chi connectivity index (χ2n) is 11.2. The Kier molecular flexibility index (Phi) is 4.78. The number of aromatic nitrogens is 1. The fraction of sp³-hybridized carbons (Fsp3) is 0.324. The van der Waals surface area contributed by atoms with E-state index in [2.05, 4.69) is 98.4 Å². The molecule has 0 spiro atoms. The summed E-state index contributed by atoms with van der Waals surface area (Å²) in [5.41, 5.74) is 16.2. The first kappa shape index (κ1) is 21.1. The van der Waals surface area contributed by atoms with E-state index in [4.69, 9.17) is 0 Å². The predicted molar refractivity (Wildman–Crippen MR) is 143 cm³/mol. The summed E-state index contributed by atoms with van der Waals surface area (Å²) in [6, 6.07) is 25.9. The molecule has 0 saturated heterocycles. The molecule has 1 nitrogen and oxygen atoms in total. The van der Waals surface area contributed by atoms with Crippen molar-refractivity contribution in [3.8, 4) is 11.3 Å². The van der Waals surface area contributed by atoms with Crippen LogP contribution in [0.25, 0.3) is 11.3 Å². The molecule has 1 saturated carbocycles. The number of aryl methyl sites for hydroxylation is 3. The molecule has 0 radical (unpaired) electrons. The van der Waals surface area contributed by atoms with Crippen molar-refractivity contribution in [3.05, 3.63) is 123 Å². The summed E-state index contributed by atoms with van der Waals surface area (Å²) in [6.07, 6.45) is 9.21. The molecule has 0 atom stereocenters. The molecule has 4 aromatic rings. The summed E-state index contributed by atoms with van der Waals surface area (Å²) >= 11 is 0. The number of hydrogen-bond donors (Lipinski definition) is 0. The van der Waals surface area contributed by atoms with Gasteiger partial charge in [0.05, 0.1) is 0 Å². The minimum atomic E-state index is 0.329. The first-order chi connectivity index (χ1) is 17.1. The van der Waals surface area contributed by atoms with Gasteiger partial charge in [-0.25, -0.2) is 4.57 Å². The van der Waals surface area contributed by atoms with Crippen LogP contribution in [0.4, 0.5) is 0 Å². The Labute approximate surface area is 209 Å². The zero-order chi connectivity index (χ0) is 23.7. The summed E-state index contributed by atoms with van der Waals surface area (Å²) in [4.78, 5) is 0. The van der Waals surface area contributed by atoms with E-state index in [-0.39, 0.29) is 0 Å². The monoisotopic (exact) mass is 456 g/mol. The lowest BCUT2D eigenvalue weighted by Crippen LogP contribution is -2.33. The summed E-state index contributed by atoms with van der Waals surface area (Å²) < 4.78 is 2.36. The highest BCUT2D eigenvalue weighted by Gasteiger charge is 2.41. The largest absolute Gasteiger partial charge is 0.212 e. The van der Waals surface area contributed by atoms with Crippen molar-refractivity contribution in [1.82, 2.24) is 0 Å². The Morgan fingerprint density at radius 3 is 1.71 bits per heavy atom. The second kappa shape index (κ2) is 7.92. The predicted octanol–water partition coefficient (Wildman–Crippen LogP) is 7.83. The second-order valence-corrected chi connectivity index (χ2v) is 11.2. The van der Waals surface area contributed by atoms with Gasteiger partial charge < -0.3 is 0 Å². The minimum Gasteiger partial charge on any atom is -0.201 e. The van der Waals surface area contributed by atoms with Crippen LogP contribution in [0, 0.1) is 13.8 Å². The standard InChI is InChI=1S/C34H34N/c1-21-17-30-31(34-26-15-9-7-13-24(26)33(30)25-14-8-10-16-27(25)34)18-29(21)32-19-28(22(2)20-35(32)3)23-11-5-4-6-12-23/h7-10,13-20,23,33-34H,4-6,11-12H2,1-3H3/q+1. The molecule has 1 heteroatoms. The third-order valence-corrected chi connectivity index (χ3v) is 9.12. The van der Waals surface area contributed by atoms with Gasteiger partial charge in [-0.15, -0.1) is 0 Å². The van der Waals surface area contributed by atoms with Crippen LogP contribution in [0.3, 0.4) is 0 Å². The van der Waals surface area contributed by atoms with Crippen LogP contribution in [0.5, 0.6) is 0 Å². The number of hydrogen-bond acceptors (Lipinski definition) is 0. The van der Waals surface area contributed by atoms with Crippen molar-refractivity contribution >= 4 is 0 Å². The van der Waals surface area contributed by atoms with Crippen LogP contribution in [0.2, 0.25) is 0 Å². The SMILES string of the molecule is Cc1cc2c(cc1-c1cc(C3CCCCC3)c(C)c[n+]1C)C1c3ccccc3C2c2ccccc21. The van der Waals surface area contributed by atoms with Gasteiger partial charge in [0.15, 0.2) is 6.20 Å². The van der Waals surface area contributed by atoms with E-state index in [1.54, 1.807) is 5.56 Å². The van der Waals surface area contributed by atoms with Gasteiger partial charge >= 0.3 is 0 Å². The Bertz CT molecular complexity index is 1420. The fourth-order valence-electron chi connectivity index (χ4n) is 7.52. The lowest BCUT2D eigenvalue weighted by molar-refractivity contribution is -0.660. The van der Waals surface area contributed by atoms with Crippen molar-refractivity contribution in [3.63, 3.8) is 0 Å². The molecule has 0 aliphatic heterocycles. The molecule has 35 heavy (non-hydrogen) atoms. The maximum atomic E-state index is 2.55. The molecule has 0 N–H and O–H groups in total. The van der Waals surface area contributed by atoms with Crippen LogP contribution in [-0.2, 0) is 7.05 Å². The van der Waals surface area contributed by atoms with E-state index in [9.17, 15) is 0 Å². The molecule has 1 fully saturated rings. The highest BCUT2D eigenvalue weighted by Crippen LogP contribution is 2.56. The van der Waals surface area contributed by atoms with Crippen molar-refractivity contribution < 1.29 is 4.57 Å². The molecule has 4 aliphatic rings. The molecule has 4 aliphatic carbocycles. The quantitative estimate of drug-likeness (QED) is 0.234. The van der Waals surface area contributed by atoms with Crippen molar-refractivity contribution in [2.45, 2.75) is 63.7 Å². The van der Waals surface area contributed by atoms with Crippen LogP contribution >= 0.6 is 0 Å². The molecule has 8 rings (SSSR count). The fourth-order valence-corrected chi connectivity index (χ4v) is 7.52. The molecule has 1 aromatic heterocycles. The zero-order valence-electron chi connectivity index (χ0n) is 21.1. The molecule has 1 heterocycles. The maximum absolute atomic E-state index is 2.55. The summed E-state index contributed by atoms with van der Waals surface area (Å²) in [5, 5.41) is 0. The minimum absolute atomic E-state index is 0.329. The normalized spacial score (nSPS) is 20.3. The van der Waals surface area contributed by atoms with Gasteiger partial charge in [0.25, 0.3) is 0 Å². The van der Waals surface area contributed by atoms with Gasteiger partial charge in [-0.2, -0.15) is 0 Å². The maximum Gasteiger partial charge on any atom is 0.212 e. The van der Waals surface area contributed by atoms with Crippen molar-refractivity contribution in [2.24, 2.45) is 7.05 Å². The van der Waals surface area contributed by atoms with Gasteiger partial charge in [-0.05, 0) is 83.2 Å². The van der Waals surface area contributed by atoms with Gasteiger partial charge in [-0.3, -0.25) is 0 Å². The van der Waals surface area contributed by atoms with E-state index < -0.39 is 0 Å². The average Bonchev–Trinajstić information content (AvgIpc) is 2.89. The van der Waals surface area contributed by atoms with Gasteiger partial charge in [0.1, 0.15) is 7.05 Å². The summed E-state index contributed by atoms with van der Waals surface area (Å²) in [7, 11) is 2.22. The number of nitrogens with zero attached hydrogens (tertiary/aromatic N) is 1. The van der Waals surface area contributed by atoms with E-state index in [1.807, 2.05) is 0 Å². The molecule has 3 aromatic carbocycles. The molecule has 174 valence electrons. The Hall–Kier alpha value is -3.19. The van der Waals surface area contributed by atoms with Crippen LogP contribution in [-0.4, -0.2) is 0 Å². The van der Waals surface area contributed by atoms with E-state index >= 15 is 0 Å². The van der Waals surface area contributed by atoms with Gasteiger partial charge in [-0.1, -0.05) is 73.9 Å². The molecule has 0 amide bonds. The average molecular weight is 457 g/mol. The molecular weight excluding hydrogens is 422 g/mol. The van der Waals surface area contributed by atoms with Gasteiger partial charge in [0, 0.05) is 29.0 Å². The smallest absolute Gasteiger partial charge is 0.201 e. The topological polar surface area (TPSA) is 3.88 Å². The highest BCUT2D eigenvalue weighted by molar-refractivity contribution is 5.73. The van der Waals surface area contributed by atoms with Crippen molar-refractivity contribution in [2.75, 3.05) is 0 Å². The van der Waals surface area contributed by atoms with Crippen LogP contribution in [0.1, 0.15) is 99.9 Å².